The topological polar surface area (TPSA) is 6.48 Å². The van der Waals surface area contributed by atoms with Gasteiger partial charge in [0, 0.05) is 38.1 Å². The Hall–Kier alpha value is -1.90. The van der Waals surface area contributed by atoms with Crippen molar-refractivity contribution >= 4 is 5.57 Å². The zero-order valence-corrected chi connectivity index (χ0v) is 17.8. The molecule has 0 N–H and O–H groups in total. The second kappa shape index (κ2) is 8.45. The largest absolute Gasteiger partial charge is 0.300 e. The quantitative estimate of drug-likeness (QED) is 0.669. The van der Waals surface area contributed by atoms with Crippen LogP contribution in [0.5, 0.6) is 0 Å². The van der Waals surface area contributed by atoms with E-state index in [1.807, 2.05) is 0 Å². The minimum Gasteiger partial charge on any atom is -0.300 e. The highest BCUT2D eigenvalue weighted by Gasteiger charge is 2.38. The molecule has 2 aliphatic heterocycles. The zero-order valence-electron chi connectivity index (χ0n) is 17.8. The Morgan fingerprint density at radius 1 is 0.931 bits per heavy atom. The Morgan fingerprint density at radius 3 is 2.52 bits per heavy atom. The average Bonchev–Trinajstić information content (AvgIpc) is 3.44. The molecule has 2 fully saturated rings. The molecule has 2 nitrogen and oxygen atoms in total. The van der Waals surface area contributed by atoms with Crippen LogP contribution in [0.1, 0.15) is 42.9 Å². The first-order valence-electron chi connectivity index (χ1n) is 11.6. The fourth-order valence-electron chi connectivity index (χ4n) is 5.75. The molecule has 152 valence electrons. The van der Waals surface area contributed by atoms with Gasteiger partial charge in [0.25, 0.3) is 0 Å². The number of allylic oxidation sites excluding steroid dienone is 1. The molecule has 0 amide bonds. The van der Waals surface area contributed by atoms with Gasteiger partial charge in [-0.15, -0.1) is 0 Å². The maximum absolute atomic E-state index is 2.66. The summed E-state index contributed by atoms with van der Waals surface area (Å²) >= 11 is 0. The first-order valence-corrected chi connectivity index (χ1v) is 11.6. The van der Waals surface area contributed by atoms with Crippen molar-refractivity contribution in [1.29, 1.82) is 0 Å². The van der Waals surface area contributed by atoms with Gasteiger partial charge in [-0.25, -0.2) is 0 Å². The van der Waals surface area contributed by atoms with Crippen molar-refractivity contribution < 1.29 is 0 Å². The molecule has 3 atom stereocenters. The van der Waals surface area contributed by atoms with Gasteiger partial charge in [0.2, 0.25) is 0 Å². The fraction of sp³-hybridized carbons (Fsp3) is 0.481. The van der Waals surface area contributed by atoms with Gasteiger partial charge in [-0.1, -0.05) is 60.7 Å². The molecule has 2 heterocycles. The lowest BCUT2D eigenvalue weighted by Crippen LogP contribution is -2.28. The molecule has 2 aromatic rings. The van der Waals surface area contributed by atoms with Crippen LogP contribution in [0.3, 0.4) is 0 Å². The Labute approximate surface area is 176 Å². The number of fused-ring (bicyclic) bond motifs is 1. The summed E-state index contributed by atoms with van der Waals surface area (Å²) < 4.78 is 0. The van der Waals surface area contributed by atoms with Crippen LogP contribution >= 0.6 is 0 Å². The van der Waals surface area contributed by atoms with E-state index in [-0.39, 0.29) is 0 Å². The van der Waals surface area contributed by atoms with Gasteiger partial charge >= 0.3 is 0 Å². The molecule has 5 rings (SSSR count). The van der Waals surface area contributed by atoms with E-state index >= 15 is 0 Å². The summed E-state index contributed by atoms with van der Waals surface area (Å²) in [5.41, 5.74) is 5.98. The van der Waals surface area contributed by atoms with Crippen LogP contribution in [0.2, 0.25) is 0 Å². The van der Waals surface area contributed by atoms with Crippen LogP contribution in [-0.2, 0) is 13.0 Å². The van der Waals surface area contributed by atoms with E-state index in [1.54, 1.807) is 5.57 Å². The van der Waals surface area contributed by atoms with E-state index in [0.29, 0.717) is 0 Å². The molecule has 0 aromatic heterocycles. The predicted octanol–water partition coefficient (Wildman–Crippen LogP) is 5.25. The highest BCUT2D eigenvalue weighted by Crippen LogP contribution is 2.43. The van der Waals surface area contributed by atoms with Crippen LogP contribution in [0, 0.1) is 11.8 Å². The zero-order chi connectivity index (χ0) is 19.6. The standard InChI is InChI=1S/C27H34N2/c1-21-6-5-16-29(21)17-15-22-9-11-24(12-10-22)26-14-13-25-19-28(20-27(25)26)18-23-7-3-2-4-8-23/h2-4,7-12,14,21,25,27H,5-6,13,15-20H2,1H3. The monoisotopic (exact) mass is 386 g/mol. The molecule has 3 aliphatic rings. The van der Waals surface area contributed by atoms with Crippen molar-refractivity contribution in [3.63, 3.8) is 0 Å². The Kier molecular flexibility index (Phi) is 5.56. The highest BCUT2D eigenvalue weighted by atomic mass is 15.2. The van der Waals surface area contributed by atoms with Crippen molar-refractivity contribution in [3.05, 3.63) is 77.4 Å². The SMILES string of the molecule is CC1CCCN1CCc1ccc(C2=CCC3CN(Cc4ccccc4)CC23)cc1. The third kappa shape index (κ3) is 4.20. The van der Waals surface area contributed by atoms with E-state index in [1.165, 1.54) is 68.6 Å². The Bertz CT molecular complexity index is 839. The van der Waals surface area contributed by atoms with Gasteiger partial charge in [-0.3, -0.25) is 4.90 Å². The van der Waals surface area contributed by atoms with E-state index in [0.717, 1.165) is 24.4 Å². The van der Waals surface area contributed by atoms with Crippen molar-refractivity contribution in [2.24, 2.45) is 11.8 Å². The van der Waals surface area contributed by atoms with Crippen LogP contribution in [-0.4, -0.2) is 42.0 Å². The van der Waals surface area contributed by atoms with E-state index in [9.17, 15) is 0 Å². The molecule has 2 heteroatoms. The third-order valence-electron chi connectivity index (χ3n) is 7.47. The molecular formula is C27H34N2. The van der Waals surface area contributed by atoms with Gasteiger partial charge in [-0.05, 0) is 67.3 Å². The molecule has 0 bridgehead atoms. The van der Waals surface area contributed by atoms with Crippen molar-refractivity contribution in [2.45, 2.75) is 45.2 Å². The number of rotatable bonds is 6. The number of hydrogen-bond acceptors (Lipinski definition) is 2. The lowest BCUT2D eigenvalue weighted by Gasteiger charge is -2.21. The molecule has 2 saturated heterocycles. The van der Waals surface area contributed by atoms with Crippen LogP contribution in [0.25, 0.3) is 5.57 Å². The molecule has 0 spiro atoms. The third-order valence-corrected chi connectivity index (χ3v) is 7.47. The molecule has 1 aliphatic carbocycles. The van der Waals surface area contributed by atoms with Crippen molar-refractivity contribution in [3.8, 4) is 0 Å². The number of hydrogen-bond donors (Lipinski definition) is 0. The molecule has 0 radical (unpaired) electrons. The first kappa shape index (κ1) is 19.1. The number of likely N-dealkylation sites (tertiary alicyclic amines) is 2. The highest BCUT2D eigenvalue weighted by molar-refractivity contribution is 5.70. The molecular weight excluding hydrogens is 352 g/mol. The van der Waals surface area contributed by atoms with Gasteiger partial charge < -0.3 is 4.90 Å². The summed E-state index contributed by atoms with van der Waals surface area (Å²) in [4.78, 5) is 5.31. The van der Waals surface area contributed by atoms with Gasteiger partial charge in [0.15, 0.2) is 0 Å². The van der Waals surface area contributed by atoms with E-state index in [2.05, 4.69) is 77.4 Å². The molecule has 29 heavy (non-hydrogen) atoms. The summed E-state index contributed by atoms with van der Waals surface area (Å²) in [6.07, 6.45) is 7.70. The first-order chi connectivity index (χ1) is 14.3. The Balaban J connectivity index is 1.19. The van der Waals surface area contributed by atoms with E-state index < -0.39 is 0 Å². The maximum atomic E-state index is 2.66. The summed E-state index contributed by atoms with van der Waals surface area (Å²) in [6, 6.07) is 21.2. The number of nitrogens with zero attached hydrogens (tertiary/aromatic N) is 2. The van der Waals surface area contributed by atoms with Gasteiger partial charge in [-0.2, -0.15) is 0 Å². The summed E-state index contributed by atoms with van der Waals surface area (Å²) in [7, 11) is 0. The summed E-state index contributed by atoms with van der Waals surface area (Å²) in [6.45, 7) is 8.42. The molecule has 3 unspecified atom stereocenters. The molecule has 0 saturated carbocycles. The minimum absolute atomic E-state index is 0.718. The van der Waals surface area contributed by atoms with Crippen LogP contribution < -0.4 is 0 Å². The minimum atomic E-state index is 0.718. The van der Waals surface area contributed by atoms with Crippen LogP contribution in [0.15, 0.2) is 60.7 Å². The van der Waals surface area contributed by atoms with Crippen LogP contribution in [0.4, 0.5) is 0 Å². The maximum Gasteiger partial charge on any atom is 0.0234 e. The number of benzene rings is 2. The van der Waals surface area contributed by atoms with E-state index in [4.69, 9.17) is 0 Å². The average molecular weight is 387 g/mol. The van der Waals surface area contributed by atoms with Gasteiger partial charge in [0.1, 0.15) is 0 Å². The van der Waals surface area contributed by atoms with Crippen molar-refractivity contribution in [2.75, 3.05) is 26.2 Å². The fourth-order valence-corrected chi connectivity index (χ4v) is 5.75. The van der Waals surface area contributed by atoms with Crippen molar-refractivity contribution in [1.82, 2.24) is 9.80 Å². The smallest absolute Gasteiger partial charge is 0.0234 e. The lowest BCUT2D eigenvalue weighted by molar-refractivity contribution is 0.272. The lowest BCUT2D eigenvalue weighted by atomic mass is 9.90. The normalized spacial score (nSPS) is 27.3. The summed E-state index contributed by atoms with van der Waals surface area (Å²) in [5, 5.41) is 0. The second-order valence-corrected chi connectivity index (χ2v) is 9.42. The predicted molar refractivity (Wildman–Crippen MR) is 122 cm³/mol. The second-order valence-electron chi connectivity index (χ2n) is 9.42. The summed E-state index contributed by atoms with van der Waals surface area (Å²) in [5.74, 6) is 1.53. The van der Waals surface area contributed by atoms with Gasteiger partial charge in [0.05, 0.1) is 0 Å². The Morgan fingerprint density at radius 2 is 1.76 bits per heavy atom. The molecule has 2 aromatic carbocycles.